The van der Waals surface area contributed by atoms with E-state index >= 15 is 0 Å². The molecular weight excluding hydrogens is 418 g/mol. The zero-order valence-corrected chi connectivity index (χ0v) is 18.6. The number of hydrogen-bond donors (Lipinski definition) is 0. The molecule has 3 aromatic carbocycles. The van der Waals surface area contributed by atoms with E-state index in [0.717, 1.165) is 25.2 Å². The molecule has 0 spiro atoms. The molecule has 0 bridgehead atoms. The van der Waals surface area contributed by atoms with Gasteiger partial charge in [0.2, 0.25) is 10.0 Å². The number of likely N-dealkylation sites (tertiary alicyclic amines) is 1. The molecule has 0 aromatic heterocycles. The maximum absolute atomic E-state index is 13.7. The van der Waals surface area contributed by atoms with Crippen LogP contribution >= 0.6 is 0 Å². The molecule has 3 aromatic rings. The molecule has 0 aliphatic carbocycles. The summed E-state index contributed by atoms with van der Waals surface area (Å²) in [5.41, 5.74) is 3.77. The molecule has 2 aliphatic rings. The second kappa shape index (κ2) is 8.51. The molecule has 2 aliphatic heterocycles. The lowest BCUT2D eigenvalue weighted by Gasteiger charge is -2.24. The third-order valence-corrected chi connectivity index (χ3v) is 8.50. The summed E-state index contributed by atoms with van der Waals surface area (Å²) >= 11 is 0. The molecule has 0 unspecified atom stereocenters. The Morgan fingerprint density at radius 1 is 0.875 bits per heavy atom. The number of nitriles is 1. The van der Waals surface area contributed by atoms with Gasteiger partial charge in [-0.3, -0.25) is 4.90 Å². The predicted octanol–water partition coefficient (Wildman–Crippen LogP) is 3.98. The summed E-state index contributed by atoms with van der Waals surface area (Å²) < 4.78 is 28.9. The summed E-state index contributed by atoms with van der Waals surface area (Å²) in [5.74, 6) is 0.493. The van der Waals surface area contributed by atoms with Gasteiger partial charge in [0.15, 0.2) is 0 Å². The Balaban J connectivity index is 1.49. The van der Waals surface area contributed by atoms with E-state index in [0.29, 0.717) is 19.0 Å². The van der Waals surface area contributed by atoms with Crippen LogP contribution in [0.2, 0.25) is 0 Å². The standard InChI is InChI=1S/C26H25N3O2S/c27-14-21-10-5-7-13-26(21)32(30,31)29-17-22-11-4-6-12-24(22)25-19-28(16-23(25)18-29)15-20-8-2-1-3-9-20/h1-13,23,25H,15-19H2/t23-,25+/m0/s1. The Morgan fingerprint density at radius 3 is 2.41 bits per heavy atom. The quantitative estimate of drug-likeness (QED) is 0.612. The Hall–Kier alpha value is -2.98. The van der Waals surface area contributed by atoms with Crippen LogP contribution in [-0.2, 0) is 23.1 Å². The number of rotatable bonds is 4. The average molecular weight is 444 g/mol. The highest BCUT2D eigenvalue weighted by atomic mass is 32.2. The van der Waals surface area contributed by atoms with E-state index in [9.17, 15) is 13.7 Å². The fourth-order valence-electron chi connectivity index (χ4n) is 5.13. The molecule has 32 heavy (non-hydrogen) atoms. The first-order valence-corrected chi connectivity index (χ1v) is 12.3. The first-order valence-electron chi connectivity index (χ1n) is 10.9. The monoisotopic (exact) mass is 443 g/mol. The van der Waals surface area contributed by atoms with Gasteiger partial charge in [-0.1, -0.05) is 66.7 Å². The highest BCUT2D eigenvalue weighted by Gasteiger charge is 2.41. The number of nitrogens with zero attached hydrogens (tertiary/aromatic N) is 3. The lowest BCUT2D eigenvalue weighted by Crippen LogP contribution is -2.35. The second-order valence-electron chi connectivity index (χ2n) is 8.65. The lowest BCUT2D eigenvalue weighted by molar-refractivity contribution is 0.293. The van der Waals surface area contributed by atoms with Crippen LogP contribution in [0.15, 0.2) is 83.8 Å². The van der Waals surface area contributed by atoms with Gasteiger partial charge in [-0.25, -0.2) is 8.42 Å². The zero-order valence-electron chi connectivity index (χ0n) is 17.8. The van der Waals surface area contributed by atoms with Gasteiger partial charge in [-0.2, -0.15) is 9.57 Å². The minimum atomic E-state index is -3.79. The fraction of sp³-hybridized carbons (Fsp3) is 0.269. The van der Waals surface area contributed by atoms with Crippen molar-refractivity contribution in [2.75, 3.05) is 19.6 Å². The Bertz CT molecular complexity index is 1270. The van der Waals surface area contributed by atoms with Crippen molar-refractivity contribution in [2.45, 2.75) is 23.9 Å². The molecule has 5 nitrogen and oxygen atoms in total. The molecule has 0 N–H and O–H groups in total. The first-order chi connectivity index (χ1) is 15.6. The van der Waals surface area contributed by atoms with Crippen LogP contribution in [0.3, 0.4) is 0 Å². The van der Waals surface area contributed by atoms with Crippen molar-refractivity contribution in [1.82, 2.24) is 9.21 Å². The van der Waals surface area contributed by atoms with E-state index in [1.807, 2.05) is 30.3 Å². The number of hydrogen-bond acceptors (Lipinski definition) is 4. The molecule has 0 saturated carbocycles. The molecular formula is C26H25N3O2S. The topological polar surface area (TPSA) is 64.4 Å². The van der Waals surface area contributed by atoms with Crippen LogP contribution in [-0.4, -0.2) is 37.3 Å². The van der Waals surface area contributed by atoms with Crippen LogP contribution < -0.4 is 0 Å². The van der Waals surface area contributed by atoms with Gasteiger partial charge in [0.1, 0.15) is 6.07 Å². The molecule has 6 heteroatoms. The zero-order chi connectivity index (χ0) is 22.1. The maximum Gasteiger partial charge on any atom is 0.244 e. The summed E-state index contributed by atoms with van der Waals surface area (Å²) in [6.07, 6.45) is 0. The van der Waals surface area contributed by atoms with Crippen molar-refractivity contribution in [1.29, 1.82) is 5.26 Å². The van der Waals surface area contributed by atoms with Gasteiger partial charge in [0.05, 0.1) is 10.5 Å². The Morgan fingerprint density at radius 2 is 1.59 bits per heavy atom. The summed E-state index contributed by atoms with van der Waals surface area (Å²) in [7, 11) is -3.79. The van der Waals surface area contributed by atoms with Gasteiger partial charge in [0, 0.05) is 38.6 Å². The average Bonchev–Trinajstić information content (AvgIpc) is 3.14. The van der Waals surface area contributed by atoms with Gasteiger partial charge in [0.25, 0.3) is 0 Å². The van der Waals surface area contributed by atoms with E-state index in [4.69, 9.17) is 0 Å². The van der Waals surface area contributed by atoms with E-state index in [2.05, 4.69) is 35.2 Å². The third kappa shape index (κ3) is 3.84. The van der Waals surface area contributed by atoms with E-state index < -0.39 is 10.0 Å². The van der Waals surface area contributed by atoms with Gasteiger partial charge in [-0.05, 0) is 34.7 Å². The smallest absolute Gasteiger partial charge is 0.244 e. The minimum absolute atomic E-state index is 0.0950. The van der Waals surface area contributed by atoms with E-state index in [1.165, 1.54) is 11.1 Å². The van der Waals surface area contributed by atoms with Crippen LogP contribution in [0, 0.1) is 17.2 Å². The van der Waals surface area contributed by atoms with Crippen molar-refractivity contribution >= 4 is 10.0 Å². The summed E-state index contributed by atoms with van der Waals surface area (Å²) in [6, 6.07) is 27.1. The minimum Gasteiger partial charge on any atom is -0.298 e. The highest BCUT2D eigenvalue weighted by Crippen LogP contribution is 2.40. The summed E-state index contributed by atoms with van der Waals surface area (Å²) in [6.45, 7) is 3.41. The van der Waals surface area contributed by atoms with E-state index in [1.54, 1.807) is 28.6 Å². The molecule has 5 rings (SSSR count). The van der Waals surface area contributed by atoms with Crippen LogP contribution in [0.25, 0.3) is 0 Å². The molecule has 0 radical (unpaired) electrons. The highest BCUT2D eigenvalue weighted by molar-refractivity contribution is 7.89. The largest absolute Gasteiger partial charge is 0.298 e. The number of sulfonamides is 1. The Labute approximate surface area is 189 Å². The number of benzene rings is 3. The molecule has 1 fully saturated rings. The number of fused-ring (bicyclic) bond motifs is 3. The molecule has 1 saturated heterocycles. The maximum atomic E-state index is 13.7. The van der Waals surface area contributed by atoms with Crippen molar-refractivity contribution < 1.29 is 8.42 Å². The molecule has 0 amide bonds. The SMILES string of the molecule is N#Cc1ccccc1S(=O)(=O)N1Cc2ccccc2[C@@H]2CN(Cc3ccccc3)C[C@H]2C1. The van der Waals surface area contributed by atoms with Crippen molar-refractivity contribution in [3.63, 3.8) is 0 Å². The van der Waals surface area contributed by atoms with E-state index in [-0.39, 0.29) is 16.4 Å². The second-order valence-corrected chi connectivity index (χ2v) is 10.6. The van der Waals surface area contributed by atoms with Crippen LogP contribution in [0.5, 0.6) is 0 Å². The molecule has 2 heterocycles. The summed E-state index contributed by atoms with van der Waals surface area (Å²) in [4.78, 5) is 2.53. The Kier molecular flexibility index (Phi) is 5.56. The normalized spacial score (nSPS) is 21.3. The van der Waals surface area contributed by atoms with Gasteiger partial charge < -0.3 is 0 Å². The van der Waals surface area contributed by atoms with Crippen molar-refractivity contribution in [2.24, 2.45) is 5.92 Å². The van der Waals surface area contributed by atoms with Crippen molar-refractivity contribution in [3.8, 4) is 6.07 Å². The lowest BCUT2D eigenvalue weighted by atomic mass is 9.87. The first kappa shape index (κ1) is 20.9. The van der Waals surface area contributed by atoms with Crippen LogP contribution in [0.1, 0.15) is 28.2 Å². The van der Waals surface area contributed by atoms with Gasteiger partial charge in [-0.15, -0.1) is 0 Å². The molecule has 2 atom stereocenters. The van der Waals surface area contributed by atoms with Crippen molar-refractivity contribution in [3.05, 3.63) is 101 Å². The third-order valence-electron chi connectivity index (χ3n) is 6.63. The predicted molar refractivity (Wildman–Crippen MR) is 123 cm³/mol. The summed E-state index contributed by atoms with van der Waals surface area (Å²) in [5, 5.41) is 9.48. The molecule has 162 valence electrons. The van der Waals surface area contributed by atoms with Gasteiger partial charge >= 0.3 is 0 Å². The fourth-order valence-corrected chi connectivity index (χ4v) is 6.75. The van der Waals surface area contributed by atoms with Crippen LogP contribution in [0.4, 0.5) is 0 Å².